The van der Waals surface area contributed by atoms with Crippen LogP contribution in [0.5, 0.6) is 5.75 Å². The summed E-state index contributed by atoms with van der Waals surface area (Å²) in [5, 5.41) is 15.3. The number of benzene rings is 3. The van der Waals surface area contributed by atoms with Gasteiger partial charge >= 0.3 is 21.7 Å². The fraction of sp³-hybridized carbons (Fsp3) is 0.240. The van der Waals surface area contributed by atoms with Crippen molar-refractivity contribution in [1.82, 2.24) is 0 Å². The average Bonchev–Trinajstić information content (AvgIpc) is 3.00. The average molecular weight is 462 g/mol. The van der Waals surface area contributed by atoms with Gasteiger partial charge in [0.1, 0.15) is 5.75 Å². The third-order valence-corrected chi connectivity index (χ3v) is 4.87. The summed E-state index contributed by atoms with van der Waals surface area (Å²) in [7, 11) is 0. The second-order valence-electron chi connectivity index (χ2n) is 7.41. The minimum absolute atomic E-state index is 0. The van der Waals surface area contributed by atoms with E-state index in [-0.39, 0.29) is 46.5 Å². The van der Waals surface area contributed by atoms with E-state index in [0.29, 0.717) is 17.6 Å². The summed E-state index contributed by atoms with van der Waals surface area (Å²) in [5.74, 6) is 1.25. The number of halogens is 2. The minimum atomic E-state index is 0. The molecular formula is C25H27Cl2OTi. The molecule has 0 aliphatic heterocycles. The Kier molecular flexibility index (Phi) is 11.8. The first-order chi connectivity index (χ1) is 12.5. The van der Waals surface area contributed by atoms with Crippen LogP contribution < -0.4 is 24.8 Å². The molecule has 4 aromatic carbocycles. The summed E-state index contributed by atoms with van der Waals surface area (Å²) < 4.78 is 0. The number of hydrogen-bond donors (Lipinski definition) is 1. The third-order valence-electron chi connectivity index (χ3n) is 4.87. The van der Waals surface area contributed by atoms with Crippen molar-refractivity contribution in [3.05, 3.63) is 83.9 Å². The number of phenols is 1. The fourth-order valence-electron chi connectivity index (χ4n) is 3.42. The van der Waals surface area contributed by atoms with Crippen LogP contribution in [0.1, 0.15) is 50.7 Å². The van der Waals surface area contributed by atoms with Gasteiger partial charge in [0.25, 0.3) is 0 Å². The van der Waals surface area contributed by atoms with E-state index in [1.807, 2.05) is 18.2 Å². The normalized spacial score (nSPS) is 10.0. The van der Waals surface area contributed by atoms with Gasteiger partial charge in [-0.15, -0.1) is 39.7 Å². The topological polar surface area (TPSA) is 20.2 Å². The Morgan fingerprint density at radius 1 is 0.621 bits per heavy atom. The summed E-state index contributed by atoms with van der Waals surface area (Å²) >= 11 is 0. The van der Waals surface area contributed by atoms with Crippen LogP contribution >= 0.6 is 0 Å². The van der Waals surface area contributed by atoms with E-state index in [0.717, 1.165) is 11.1 Å². The molecule has 1 radical (unpaired) electrons. The number of para-hydroxylation sites is 1. The molecule has 0 aromatic heterocycles. The van der Waals surface area contributed by atoms with E-state index in [1.54, 1.807) is 0 Å². The number of rotatable bonds is 2. The molecule has 0 saturated carbocycles. The van der Waals surface area contributed by atoms with Crippen molar-refractivity contribution in [2.75, 3.05) is 0 Å². The Hall–Kier alpha value is -1.38. The molecule has 0 amide bonds. The van der Waals surface area contributed by atoms with Crippen molar-refractivity contribution in [3.63, 3.8) is 0 Å². The standard InChI is InChI=1S/C13H9.C12H18O.2ClH.Ti/c1-3-7-12-10(5-1)9-11-6-2-4-8-13(11)12;1-8(2)10-6-5-7-11(9(3)4)12(10)13;;;/h1-9H;5-9,13H,1-4H3;2*1H;/q-1;;;;+3/p-2. The maximum absolute atomic E-state index is 9.93. The first-order valence-corrected chi connectivity index (χ1v) is 9.34. The summed E-state index contributed by atoms with van der Waals surface area (Å²) in [6.45, 7) is 8.39. The first-order valence-electron chi connectivity index (χ1n) is 9.34. The largest absolute Gasteiger partial charge is 3.00 e. The summed E-state index contributed by atoms with van der Waals surface area (Å²) in [6, 6.07) is 25.3. The van der Waals surface area contributed by atoms with Gasteiger partial charge in [-0.1, -0.05) is 82.3 Å². The SMILES string of the molecule is CC(C)c1cccc(C(C)C)c1O.[Cl-].[Cl-].[Ti+3].c1ccc2c(c1)[cH-]c1ccccc12. The van der Waals surface area contributed by atoms with E-state index in [2.05, 4.69) is 82.3 Å². The van der Waals surface area contributed by atoms with Crippen molar-refractivity contribution < 1.29 is 51.6 Å². The molecule has 0 unspecified atom stereocenters. The Balaban J connectivity index is 0.000000490. The zero-order chi connectivity index (χ0) is 18.7. The molecule has 29 heavy (non-hydrogen) atoms. The van der Waals surface area contributed by atoms with Crippen LogP contribution in [0, 0.1) is 0 Å². The molecule has 1 nitrogen and oxygen atoms in total. The summed E-state index contributed by atoms with van der Waals surface area (Å²) in [5.41, 5.74) is 2.09. The number of fused-ring (bicyclic) bond motifs is 3. The maximum Gasteiger partial charge on any atom is 3.00 e. The molecule has 0 atom stereocenters. The fourth-order valence-corrected chi connectivity index (χ4v) is 3.42. The van der Waals surface area contributed by atoms with Crippen LogP contribution in [0.3, 0.4) is 0 Å². The van der Waals surface area contributed by atoms with Crippen molar-refractivity contribution in [2.24, 2.45) is 0 Å². The Bertz CT molecular complexity index is 945. The van der Waals surface area contributed by atoms with Crippen LogP contribution in [0.25, 0.3) is 21.5 Å². The molecule has 0 saturated heterocycles. The van der Waals surface area contributed by atoms with Gasteiger partial charge in [-0.25, -0.2) is 0 Å². The van der Waals surface area contributed by atoms with Gasteiger partial charge in [-0.3, -0.25) is 0 Å². The Morgan fingerprint density at radius 3 is 1.38 bits per heavy atom. The van der Waals surface area contributed by atoms with Crippen molar-refractivity contribution >= 4 is 21.5 Å². The Labute approximate surface area is 201 Å². The van der Waals surface area contributed by atoms with Crippen LogP contribution in [-0.4, -0.2) is 5.11 Å². The van der Waals surface area contributed by atoms with Crippen LogP contribution in [0.15, 0.2) is 72.8 Å². The van der Waals surface area contributed by atoms with Gasteiger partial charge in [0.15, 0.2) is 0 Å². The number of aromatic hydroxyl groups is 1. The third kappa shape index (κ3) is 6.30. The smallest absolute Gasteiger partial charge is 1.00 e. The zero-order valence-corrected chi connectivity index (χ0v) is 20.4. The van der Waals surface area contributed by atoms with Crippen LogP contribution in [-0.2, 0) is 21.7 Å². The molecule has 151 valence electrons. The van der Waals surface area contributed by atoms with Gasteiger partial charge in [0, 0.05) is 0 Å². The molecule has 0 aliphatic rings. The van der Waals surface area contributed by atoms with E-state index >= 15 is 0 Å². The molecule has 4 aromatic rings. The maximum atomic E-state index is 9.93. The van der Waals surface area contributed by atoms with Crippen LogP contribution in [0.4, 0.5) is 0 Å². The van der Waals surface area contributed by atoms with Gasteiger partial charge in [0.05, 0.1) is 0 Å². The van der Waals surface area contributed by atoms with Gasteiger partial charge < -0.3 is 29.9 Å². The minimum Gasteiger partial charge on any atom is -1.00 e. The number of hydrogen-bond acceptors (Lipinski definition) is 1. The predicted molar refractivity (Wildman–Crippen MR) is 113 cm³/mol. The van der Waals surface area contributed by atoms with E-state index in [4.69, 9.17) is 0 Å². The molecule has 4 rings (SSSR count). The predicted octanol–water partition coefficient (Wildman–Crippen LogP) is 1.36. The monoisotopic (exact) mass is 461 g/mol. The van der Waals surface area contributed by atoms with Crippen molar-refractivity contribution in [1.29, 1.82) is 0 Å². The van der Waals surface area contributed by atoms with E-state index < -0.39 is 0 Å². The van der Waals surface area contributed by atoms with Crippen molar-refractivity contribution in [3.8, 4) is 5.75 Å². The van der Waals surface area contributed by atoms with Gasteiger partial charge in [-0.05, 0) is 23.0 Å². The molecule has 0 bridgehead atoms. The second-order valence-corrected chi connectivity index (χ2v) is 7.41. The quantitative estimate of drug-likeness (QED) is 0.353. The molecule has 0 heterocycles. The van der Waals surface area contributed by atoms with Crippen molar-refractivity contribution in [2.45, 2.75) is 39.5 Å². The molecule has 0 aliphatic carbocycles. The Morgan fingerprint density at radius 2 is 1.00 bits per heavy atom. The molecule has 0 fully saturated rings. The van der Waals surface area contributed by atoms with E-state index in [9.17, 15) is 5.11 Å². The molecular weight excluding hydrogens is 435 g/mol. The second kappa shape index (κ2) is 12.3. The molecule has 1 N–H and O–H groups in total. The van der Waals surface area contributed by atoms with Gasteiger partial charge in [-0.2, -0.15) is 0 Å². The number of phenolic OH excluding ortho intramolecular Hbond substituents is 1. The van der Waals surface area contributed by atoms with E-state index in [1.165, 1.54) is 21.5 Å². The molecule has 4 heteroatoms. The molecule has 0 spiro atoms. The summed E-state index contributed by atoms with van der Waals surface area (Å²) in [4.78, 5) is 0. The summed E-state index contributed by atoms with van der Waals surface area (Å²) in [6.07, 6.45) is 0. The van der Waals surface area contributed by atoms with Crippen LogP contribution in [0.2, 0.25) is 0 Å². The zero-order valence-electron chi connectivity index (χ0n) is 17.3. The van der Waals surface area contributed by atoms with Gasteiger partial charge in [0.2, 0.25) is 0 Å². The first kappa shape index (κ1) is 27.6.